The van der Waals surface area contributed by atoms with E-state index in [-0.39, 0.29) is 5.41 Å². The fourth-order valence-electron chi connectivity index (χ4n) is 3.03. The molecule has 0 spiro atoms. The van der Waals surface area contributed by atoms with Crippen molar-refractivity contribution in [1.29, 1.82) is 0 Å². The van der Waals surface area contributed by atoms with Crippen LogP contribution in [-0.4, -0.2) is 31.4 Å². The molecule has 0 aliphatic heterocycles. The number of thiazole rings is 1. The van der Waals surface area contributed by atoms with E-state index in [0.717, 1.165) is 11.1 Å². The zero-order valence-corrected chi connectivity index (χ0v) is 20.6. The molecule has 1 heterocycles. The Morgan fingerprint density at radius 1 is 1.12 bits per heavy atom. The number of ether oxygens (including phenoxy) is 3. The molecule has 33 heavy (non-hydrogen) atoms. The molecule has 0 amide bonds. The van der Waals surface area contributed by atoms with Crippen LogP contribution in [0.2, 0.25) is 0 Å². The molecule has 2 aromatic carbocycles. The second-order valence-corrected chi connectivity index (χ2v) is 9.44. The van der Waals surface area contributed by atoms with Crippen LogP contribution in [-0.2, 0) is 16.8 Å². The first-order valence-electron chi connectivity index (χ1n) is 10.5. The smallest absolute Gasteiger partial charge is 0.350 e. The number of hydrogen-bond acceptors (Lipinski definition) is 8. The van der Waals surface area contributed by atoms with Crippen LogP contribution in [0.3, 0.4) is 0 Å². The Labute approximate surface area is 198 Å². The topological polar surface area (TPSA) is 82.0 Å². The highest BCUT2D eigenvalue weighted by Crippen LogP contribution is 2.29. The third kappa shape index (κ3) is 6.32. The third-order valence-electron chi connectivity index (χ3n) is 4.94. The van der Waals surface area contributed by atoms with Crippen LogP contribution in [0.25, 0.3) is 0 Å². The molecule has 3 rings (SSSR count). The van der Waals surface area contributed by atoms with Crippen LogP contribution in [0.1, 0.15) is 52.8 Å². The minimum absolute atomic E-state index is 0.122. The molecule has 1 N–H and O–H groups in total. The number of nitrogens with one attached hydrogen (secondary N) is 1. The highest BCUT2D eigenvalue weighted by atomic mass is 32.1. The minimum Gasteiger partial charge on any atom is -0.493 e. The van der Waals surface area contributed by atoms with Gasteiger partial charge in [0, 0.05) is 0 Å². The molecule has 0 radical (unpaired) electrons. The standard InChI is InChI=1S/C25H29N3O4S/c1-16-22(23(29)31-6)33-24(27-16)28-26-14-18-9-12-20(21(13-18)30-5)32-15-17-7-10-19(11-8-17)25(2,3)4/h7-14H,15H2,1-6H3,(H,27,28)/b26-14+. The molecular formula is C25H29N3O4S. The van der Waals surface area contributed by atoms with Crippen molar-refractivity contribution in [3.63, 3.8) is 0 Å². The number of anilines is 1. The summed E-state index contributed by atoms with van der Waals surface area (Å²) in [6, 6.07) is 14.0. The lowest BCUT2D eigenvalue weighted by molar-refractivity contribution is 0.0605. The van der Waals surface area contributed by atoms with Gasteiger partial charge in [-0.2, -0.15) is 5.10 Å². The average molecular weight is 468 g/mol. The molecular weight excluding hydrogens is 438 g/mol. The molecule has 0 fully saturated rings. The fraction of sp³-hybridized carbons (Fsp3) is 0.320. The van der Waals surface area contributed by atoms with Gasteiger partial charge in [-0.15, -0.1) is 0 Å². The summed E-state index contributed by atoms with van der Waals surface area (Å²) in [7, 11) is 2.95. The lowest BCUT2D eigenvalue weighted by Gasteiger charge is -2.19. The molecule has 0 aliphatic carbocycles. The van der Waals surface area contributed by atoms with Crippen LogP contribution < -0.4 is 14.9 Å². The summed E-state index contributed by atoms with van der Waals surface area (Å²) in [5.74, 6) is 0.858. The van der Waals surface area contributed by atoms with Crippen molar-refractivity contribution >= 4 is 28.7 Å². The number of aryl methyl sites for hydroxylation is 1. The van der Waals surface area contributed by atoms with Crippen molar-refractivity contribution in [3.8, 4) is 11.5 Å². The van der Waals surface area contributed by atoms with Gasteiger partial charge < -0.3 is 14.2 Å². The van der Waals surface area contributed by atoms with E-state index >= 15 is 0 Å². The van der Waals surface area contributed by atoms with Gasteiger partial charge in [0.25, 0.3) is 0 Å². The molecule has 174 valence electrons. The molecule has 8 heteroatoms. The molecule has 0 saturated carbocycles. The van der Waals surface area contributed by atoms with Gasteiger partial charge in [0.1, 0.15) is 11.5 Å². The van der Waals surface area contributed by atoms with E-state index in [9.17, 15) is 4.79 Å². The van der Waals surface area contributed by atoms with Crippen LogP contribution >= 0.6 is 11.3 Å². The van der Waals surface area contributed by atoms with E-state index in [2.05, 4.69) is 60.5 Å². The maximum Gasteiger partial charge on any atom is 0.350 e. The number of hydrogen-bond donors (Lipinski definition) is 1. The monoisotopic (exact) mass is 467 g/mol. The molecule has 7 nitrogen and oxygen atoms in total. The summed E-state index contributed by atoms with van der Waals surface area (Å²) >= 11 is 1.19. The van der Waals surface area contributed by atoms with Crippen molar-refractivity contribution in [3.05, 3.63) is 69.7 Å². The predicted octanol–water partition coefficient (Wildman–Crippen LogP) is 5.57. The first kappa shape index (κ1) is 24.3. The molecule has 0 saturated heterocycles. The van der Waals surface area contributed by atoms with Crippen LogP contribution in [0.5, 0.6) is 11.5 Å². The quantitative estimate of drug-likeness (QED) is 0.265. The summed E-state index contributed by atoms with van der Waals surface area (Å²) in [4.78, 5) is 16.4. The van der Waals surface area contributed by atoms with Gasteiger partial charge in [-0.25, -0.2) is 9.78 Å². The predicted molar refractivity (Wildman–Crippen MR) is 132 cm³/mol. The highest BCUT2D eigenvalue weighted by Gasteiger charge is 2.15. The van der Waals surface area contributed by atoms with Gasteiger partial charge >= 0.3 is 5.97 Å². The number of carbonyl (C=O) groups is 1. The number of aromatic nitrogens is 1. The number of nitrogens with zero attached hydrogens (tertiary/aromatic N) is 2. The third-order valence-corrected chi connectivity index (χ3v) is 5.99. The number of carbonyl (C=O) groups excluding carboxylic acids is 1. The lowest BCUT2D eigenvalue weighted by Crippen LogP contribution is -2.10. The fourth-order valence-corrected chi connectivity index (χ4v) is 3.87. The summed E-state index contributed by atoms with van der Waals surface area (Å²) < 4.78 is 16.2. The van der Waals surface area contributed by atoms with Crippen molar-refractivity contribution in [1.82, 2.24) is 4.98 Å². The molecule has 3 aromatic rings. The normalized spacial score (nSPS) is 11.5. The van der Waals surface area contributed by atoms with Crippen molar-refractivity contribution in [2.75, 3.05) is 19.6 Å². The van der Waals surface area contributed by atoms with Crippen molar-refractivity contribution in [2.45, 2.75) is 39.7 Å². The van der Waals surface area contributed by atoms with Crippen LogP contribution in [0, 0.1) is 6.92 Å². The number of hydrazone groups is 1. The lowest BCUT2D eigenvalue weighted by atomic mass is 9.87. The van der Waals surface area contributed by atoms with Gasteiger partial charge in [0.15, 0.2) is 11.5 Å². The Bertz CT molecular complexity index is 1130. The molecule has 1 aromatic heterocycles. The first-order valence-corrected chi connectivity index (χ1v) is 11.3. The molecule has 0 atom stereocenters. The highest BCUT2D eigenvalue weighted by molar-refractivity contribution is 7.17. The summed E-state index contributed by atoms with van der Waals surface area (Å²) in [5.41, 5.74) is 6.76. The molecule has 0 unspecified atom stereocenters. The number of methoxy groups -OCH3 is 2. The summed E-state index contributed by atoms with van der Waals surface area (Å²) in [5, 5.41) is 4.71. The van der Waals surface area contributed by atoms with Gasteiger partial charge in [-0.05, 0) is 47.2 Å². The van der Waals surface area contributed by atoms with E-state index in [1.54, 1.807) is 20.2 Å². The zero-order valence-electron chi connectivity index (χ0n) is 19.8. The van der Waals surface area contributed by atoms with Crippen LogP contribution in [0.15, 0.2) is 47.6 Å². The second-order valence-electron chi connectivity index (χ2n) is 8.44. The van der Waals surface area contributed by atoms with E-state index in [0.29, 0.717) is 33.8 Å². The number of benzene rings is 2. The van der Waals surface area contributed by atoms with Gasteiger partial charge in [-0.3, -0.25) is 5.43 Å². The van der Waals surface area contributed by atoms with Crippen molar-refractivity contribution in [2.24, 2.45) is 5.10 Å². The average Bonchev–Trinajstić information content (AvgIpc) is 3.17. The Balaban J connectivity index is 1.63. The SMILES string of the molecule is COC(=O)c1sc(N/N=C/c2ccc(OCc3ccc(C(C)(C)C)cc3)c(OC)c2)nc1C. The van der Waals surface area contributed by atoms with E-state index < -0.39 is 5.97 Å². The van der Waals surface area contributed by atoms with Gasteiger partial charge in [0.2, 0.25) is 5.13 Å². The summed E-state index contributed by atoms with van der Waals surface area (Å²) in [6.45, 7) is 8.78. The van der Waals surface area contributed by atoms with Gasteiger partial charge in [-0.1, -0.05) is 56.4 Å². The molecule has 0 aliphatic rings. The number of rotatable bonds is 8. The Kier molecular flexibility index (Phi) is 7.71. The van der Waals surface area contributed by atoms with E-state index in [1.165, 1.54) is 24.0 Å². The Morgan fingerprint density at radius 2 is 1.85 bits per heavy atom. The Hall–Kier alpha value is -3.39. The molecule has 0 bridgehead atoms. The largest absolute Gasteiger partial charge is 0.493 e. The minimum atomic E-state index is -0.410. The van der Waals surface area contributed by atoms with E-state index in [1.807, 2.05) is 18.2 Å². The van der Waals surface area contributed by atoms with Gasteiger partial charge in [0.05, 0.1) is 26.1 Å². The maximum absolute atomic E-state index is 11.7. The number of esters is 1. The van der Waals surface area contributed by atoms with Crippen LogP contribution in [0.4, 0.5) is 5.13 Å². The Morgan fingerprint density at radius 3 is 2.48 bits per heavy atom. The second kappa shape index (κ2) is 10.5. The van der Waals surface area contributed by atoms with E-state index in [4.69, 9.17) is 14.2 Å². The first-order chi connectivity index (χ1) is 15.7. The summed E-state index contributed by atoms with van der Waals surface area (Å²) in [6.07, 6.45) is 1.64. The zero-order chi connectivity index (χ0) is 24.0. The maximum atomic E-state index is 11.7. The van der Waals surface area contributed by atoms with Crippen molar-refractivity contribution < 1.29 is 19.0 Å².